The van der Waals surface area contributed by atoms with Crippen molar-refractivity contribution in [3.05, 3.63) is 93.7 Å². The molecule has 4 aliphatic heterocycles. The Kier molecular flexibility index (Phi) is 23.3. The number of aromatic nitrogens is 1. The van der Waals surface area contributed by atoms with Crippen LogP contribution in [0, 0.1) is 18.8 Å². The van der Waals surface area contributed by atoms with Crippen molar-refractivity contribution < 1.29 is 81.6 Å². The number of imide groups is 1. The number of hydroxylamine groups is 2. The lowest BCUT2D eigenvalue weighted by atomic mass is 9.83. The van der Waals surface area contributed by atoms with Crippen LogP contribution in [-0.4, -0.2) is 167 Å². The number of pyridine rings is 1. The molecule has 5 heterocycles. The van der Waals surface area contributed by atoms with E-state index in [1.165, 1.54) is 36.9 Å². The van der Waals surface area contributed by atoms with Crippen molar-refractivity contribution in [3.8, 4) is 0 Å². The van der Waals surface area contributed by atoms with E-state index in [-0.39, 0.29) is 76.3 Å². The average Bonchev–Trinajstić information content (AvgIpc) is 1.58. The first kappa shape index (κ1) is 70.1. The highest BCUT2D eigenvalue weighted by atomic mass is 35.5. The van der Waals surface area contributed by atoms with Crippen LogP contribution in [0.15, 0.2) is 66.3 Å². The quantitative estimate of drug-likeness (QED) is 0.0332. The van der Waals surface area contributed by atoms with E-state index in [9.17, 15) is 57.8 Å². The van der Waals surface area contributed by atoms with Crippen molar-refractivity contribution in [1.82, 2.24) is 36.2 Å². The number of nitrogens with zero attached hydrogens (tertiary/aromatic N) is 4. The number of epoxide rings is 1. The van der Waals surface area contributed by atoms with Gasteiger partial charge in [-0.3, -0.25) is 43.9 Å². The van der Waals surface area contributed by atoms with Gasteiger partial charge in [0, 0.05) is 82.4 Å². The molecule has 3 aromatic rings. The fourth-order valence-electron chi connectivity index (χ4n) is 11.4. The van der Waals surface area contributed by atoms with Gasteiger partial charge in [-0.2, -0.15) is 0 Å². The topological polar surface area (TPSA) is 354 Å². The summed E-state index contributed by atoms with van der Waals surface area (Å²) in [7, 11) is 4.41. The first-order valence-corrected chi connectivity index (χ1v) is 30.7. The predicted molar refractivity (Wildman–Crippen MR) is 330 cm³/mol. The van der Waals surface area contributed by atoms with Crippen molar-refractivity contribution in [1.29, 1.82) is 0 Å². The molecule has 0 unspecified atom stereocenters. The maximum atomic E-state index is 14.5. The number of Topliss-reactive ketones (excluding diaryl/α,β-unsaturated/α-hetero) is 1. The maximum Gasteiger partial charge on any atom is 0.409 e. The van der Waals surface area contributed by atoms with Crippen LogP contribution in [-0.2, 0) is 75.0 Å². The molecule has 0 saturated carbocycles. The number of anilines is 1. The molecule has 27 heteroatoms. The zero-order valence-corrected chi connectivity index (χ0v) is 53.6. The molecular weight excluding hydrogens is 1200 g/mol. The lowest BCUT2D eigenvalue weighted by Crippen LogP contribution is -2.63. The number of carbonyl (C=O) groups excluding carboxylic acids is 11. The van der Waals surface area contributed by atoms with Gasteiger partial charge in [0.05, 0.1) is 41.2 Å². The molecule has 4 aliphatic rings. The van der Waals surface area contributed by atoms with Gasteiger partial charge in [0.2, 0.25) is 17.7 Å². The van der Waals surface area contributed by atoms with Crippen LogP contribution in [0.3, 0.4) is 0 Å². The number of urea groups is 1. The Hall–Kier alpha value is -8.33. The van der Waals surface area contributed by atoms with Crippen molar-refractivity contribution in [2.75, 3.05) is 32.6 Å². The molecule has 1 aromatic heterocycles. The number of alkyl carbamates (subject to hydrolysis) is 1. The highest BCUT2D eigenvalue weighted by molar-refractivity contribution is 6.34. The molecule has 492 valence electrons. The number of fused-ring (bicyclic) bond motifs is 6. The molecule has 2 aromatic carbocycles. The van der Waals surface area contributed by atoms with E-state index in [0.717, 1.165) is 16.7 Å². The van der Waals surface area contributed by atoms with Gasteiger partial charge in [0.1, 0.15) is 36.0 Å². The number of primary amides is 1. The smallest absolute Gasteiger partial charge is 0.409 e. The zero-order valence-electron chi connectivity index (χ0n) is 52.9. The van der Waals surface area contributed by atoms with E-state index in [1.807, 2.05) is 32.1 Å². The van der Waals surface area contributed by atoms with Crippen LogP contribution in [0.5, 0.6) is 0 Å². The molecule has 91 heavy (non-hydrogen) atoms. The fourth-order valence-corrected chi connectivity index (χ4v) is 11.6. The van der Waals surface area contributed by atoms with Crippen molar-refractivity contribution in [2.24, 2.45) is 17.6 Å². The summed E-state index contributed by atoms with van der Waals surface area (Å²) in [4.78, 5) is 157. The third-order valence-electron chi connectivity index (χ3n) is 17.0. The Morgan fingerprint density at radius 3 is 2.34 bits per heavy atom. The number of halogens is 1. The van der Waals surface area contributed by atoms with Crippen LogP contribution >= 0.6 is 11.6 Å². The summed E-state index contributed by atoms with van der Waals surface area (Å²) in [5, 5.41) is 23.7. The molecule has 7 rings (SSSR count). The molecule has 4 bridgehead atoms. The van der Waals surface area contributed by atoms with Crippen LogP contribution in [0.25, 0.3) is 10.9 Å². The number of hydrogen-bond acceptors (Lipinski definition) is 18. The van der Waals surface area contributed by atoms with Gasteiger partial charge in [-0.15, -0.1) is 5.06 Å². The van der Waals surface area contributed by atoms with Crippen LogP contribution < -0.4 is 31.9 Å². The van der Waals surface area contributed by atoms with Gasteiger partial charge < -0.3 is 60.4 Å². The molecule has 26 nitrogen and oxygen atoms in total. The number of likely N-dealkylation sites (N-methyl/N-ethyl adjacent to an activating group) is 1. The minimum atomic E-state index is -1.90. The zero-order chi connectivity index (χ0) is 66.8. The number of hydrogen-bond donors (Lipinski definition) is 6. The van der Waals surface area contributed by atoms with Gasteiger partial charge in [-0.1, -0.05) is 68.3 Å². The third kappa shape index (κ3) is 17.6. The summed E-state index contributed by atoms with van der Waals surface area (Å²) in [6.45, 7) is 12.2. The summed E-state index contributed by atoms with van der Waals surface area (Å²) < 4.78 is 24.0. The number of unbranched alkanes of at least 4 members (excludes halogenated alkanes) is 1. The second-order valence-corrected chi connectivity index (χ2v) is 24.7. The number of rotatable bonds is 22. The van der Waals surface area contributed by atoms with Gasteiger partial charge in [-0.25, -0.2) is 19.2 Å². The Bertz CT molecular complexity index is 3380. The molecule has 0 spiro atoms. The number of aryl methyl sites for hydroxylation is 1. The number of allylic oxidation sites excluding steroid dienone is 3. The summed E-state index contributed by atoms with van der Waals surface area (Å²) >= 11 is 6.87. The van der Waals surface area contributed by atoms with Crippen molar-refractivity contribution >= 4 is 93.5 Å². The Morgan fingerprint density at radius 1 is 0.956 bits per heavy atom. The third-order valence-corrected chi connectivity index (χ3v) is 17.5. The Labute approximate surface area is 532 Å². The average molecular weight is 1280 g/mol. The largest absolute Gasteiger partial charge is 0.457 e. The Morgan fingerprint density at radius 2 is 1.66 bits per heavy atom. The number of carbonyl (C=O) groups is 11. The van der Waals surface area contributed by atoms with E-state index in [1.54, 1.807) is 71.2 Å². The summed E-state index contributed by atoms with van der Waals surface area (Å²) in [6, 6.07) is 7.47. The number of methoxy groups -OCH3 is 1. The van der Waals surface area contributed by atoms with Crippen LogP contribution in [0.4, 0.5) is 15.3 Å². The molecule has 3 saturated heterocycles. The molecule has 9 amide bonds. The van der Waals surface area contributed by atoms with Crippen molar-refractivity contribution in [3.63, 3.8) is 0 Å². The van der Waals surface area contributed by atoms with Gasteiger partial charge in [0.25, 0.3) is 17.7 Å². The molecule has 0 radical (unpaired) electrons. The number of nitrogens with two attached hydrogens (primary N) is 1. The molecule has 7 N–H and O–H groups in total. The molecule has 3 fully saturated rings. The number of esters is 1. The number of nitrogens with one attached hydrogen (secondary N) is 4. The minimum absolute atomic E-state index is 0.0461. The highest BCUT2D eigenvalue weighted by Crippen LogP contribution is 2.49. The fraction of sp³-hybridized carbons (Fsp3) is 0.531. The Balaban J connectivity index is 1.02. The van der Waals surface area contributed by atoms with Gasteiger partial charge in [-0.05, 0) is 107 Å². The molecule has 0 aliphatic carbocycles. The summed E-state index contributed by atoms with van der Waals surface area (Å²) in [6.07, 6.45) is 0.476. The van der Waals surface area contributed by atoms with E-state index in [4.69, 9.17) is 41.1 Å². The van der Waals surface area contributed by atoms with E-state index >= 15 is 0 Å². The van der Waals surface area contributed by atoms with E-state index in [0.29, 0.717) is 38.8 Å². The number of ketones is 1. The number of amides is 9. The second kappa shape index (κ2) is 30.2. The lowest BCUT2D eigenvalue weighted by Gasteiger charge is -2.42. The number of benzene rings is 2. The van der Waals surface area contributed by atoms with E-state index in [2.05, 4.69) is 26.3 Å². The first-order valence-electron chi connectivity index (χ1n) is 30.3. The van der Waals surface area contributed by atoms with Crippen molar-refractivity contribution in [2.45, 2.75) is 179 Å². The van der Waals surface area contributed by atoms with Gasteiger partial charge in [0.15, 0.2) is 11.5 Å². The van der Waals surface area contributed by atoms with Crippen LogP contribution in [0.2, 0.25) is 5.02 Å². The predicted octanol–water partition coefficient (Wildman–Crippen LogP) is 5.03. The monoisotopic (exact) mass is 1280 g/mol. The summed E-state index contributed by atoms with van der Waals surface area (Å²) in [5.41, 5.74) is 5.84. The molecule has 10 atom stereocenters. The van der Waals surface area contributed by atoms with E-state index < -0.39 is 137 Å². The SMILES string of the molecule is CO[C@@H]1/C=C/C=C(\C)Cc2cc(C)c(Cl)c(c2)N(C)C(=O)C[C@H](OC(=O)[C@H](C)N(C)C(=O)c2ccc3nc(CC(=O)[C@H](CCCNC(N)=O)NC(=O)[C@@H](NC(=O)CCCCC(=O)ON4C(=O)CCC4=O)C(C)C)ccc3c2)[C@]2(C)O[C@H]2[C@H](C)[C@@H]2C[C@@]1(O)NC(=O)O2. The second-order valence-electron chi connectivity index (χ2n) is 24.3. The maximum absolute atomic E-state index is 14.5. The summed E-state index contributed by atoms with van der Waals surface area (Å²) in [5.74, 6) is -6.56. The first-order chi connectivity index (χ1) is 42.9. The number of ether oxygens (including phenoxy) is 4. The van der Waals surface area contributed by atoms with Crippen LogP contribution in [0.1, 0.15) is 133 Å². The lowest BCUT2D eigenvalue weighted by molar-refractivity contribution is -0.197. The minimum Gasteiger partial charge on any atom is -0.457 e. The highest BCUT2D eigenvalue weighted by Gasteiger charge is 2.64. The van der Waals surface area contributed by atoms with Gasteiger partial charge >= 0.3 is 24.1 Å². The number of aliphatic hydroxyl groups is 1. The normalized spacial score (nSPS) is 24.5. The standard InChI is InChI=1S/C64H82ClN9O17/c1-34(2)56(70-50(76)18-11-12-19-54(80)91-74-51(77)24-25-52(74)78)58(81)69-44(16-14-26-67-61(66)84)46(75)31-42-22-20-40-30-41(21-23-43(40)68-42)59(82)72(8)38(6)60(83)89-49-32-53(79)73(9)45-29-39(28-36(4)55(45)65)27-35(3)15-13-17-48(87-10)64(86)33-47(88-62(85)71-64)37(5)57-63(49,7)90-57/h13,15,17,20-23,28-30,34,37-38,44,47-49,56-57,86H,11-12,14,16,18-19,24-27,31-33H2,1-10H3,(H,69,81)(H,70,76)(H,71,85)(H3,66,67,84)/b17-13+,35-15+/t37-,38+,44+,47+,48-,49+,56+,57+,63+,64+/m1/s1. The molecular formula is C64H82ClN9O17.